The van der Waals surface area contributed by atoms with Gasteiger partial charge in [0.05, 0.1) is 19.6 Å². The molecule has 0 spiro atoms. The third-order valence-corrected chi connectivity index (χ3v) is 5.16. The SMILES string of the molecule is C=C[C@@H](OCc1ccc(OC)cc1)[C@@H](OC)[C@@H](C(=O)NCOC)C1=CCCCC1. The van der Waals surface area contributed by atoms with E-state index in [0.717, 1.165) is 42.6 Å². The zero-order valence-corrected chi connectivity index (χ0v) is 17.7. The van der Waals surface area contributed by atoms with Gasteiger partial charge >= 0.3 is 0 Å². The second kappa shape index (κ2) is 12.4. The molecule has 0 fully saturated rings. The van der Waals surface area contributed by atoms with Crippen molar-refractivity contribution < 1.29 is 23.7 Å². The fourth-order valence-corrected chi connectivity index (χ4v) is 3.60. The van der Waals surface area contributed by atoms with Crippen molar-refractivity contribution in [2.45, 2.75) is 44.5 Å². The number of carbonyl (C=O) groups is 1. The van der Waals surface area contributed by atoms with Crippen LogP contribution in [0.4, 0.5) is 0 Å². The Hall–Kier alpha value is -2.15. The van der Waals surface area contributed by atoms with Crippen LogP contribution in [-0.4, -0.2) is 46.2 Å². The van der Waals surface area contributed by atoms with Crippen LogP contribution < -0.4 is 10.1 Å². The minimum atomic E-state index is -0.480. The number of ether oxygens (including phenoxy) is 4. The Morgan fingerprint density at radius 1 is 1.21 bits per heavy atom. The maximum atomic E-state index is 13.0. The van der Waals surface area contributed by atoms with Crippen LogP contribution in [-0.2, 0) is 25.6 Å². The molecule has 1 N–H and O–H groups in total. The van der Waals surface area contributed by atoms with E-state index < -0.39 is 18.1 Å². The first-order chi connectivity index (χ1) is 14.1. The number of hydrogen-bond donors (Lipinski definition) is 1. The molecule has 0 bridgehead atoms. The van der Waals surface area contributed by atoms with Crippen LogP contribution in [0.3, 0.4) is 0 Å². The number of nitrogens with one attached hydrogen (secondary N) is 1. The van der Waals surface area contributed by atoms with Crippen LogP contribution in [0.5, 0.6) is 5.75 Å². The molecular formula is C23H33NO5. The average molecular weight is 404 g/mol. The number of methoxy groups -OCH3 is 3. The molecule has 6 heteroatoms. The molecule has 0 saturated carbocycles. The van der Waals surface area contributed by atoms with Gasteiger partial charge in [-0.15, -0.1) is 6.58 Å². The predicted octanol–water partition coefficient (Wildman–Crippen LogP) is 3.62. The lowest BCUT2D eigenvalue weighted by Gasteiger charge is -2.33. The highest BCUT2D eigenvalue weighted by atomic mass is 16.5. The molecular weight excluding hydrogens is 370 g/mol. The number of carbonyl (C=O) groups excluding carboxylic acids is 1. The topological polar surface area (TPSA) is 66.0 Å². The highest BCUT2D eigenvalue weighted by Crippen LogP contribution is 2.30. The van der Waals surface area contributed by atoms with Crippen LogP contribution in [0.15, 0.2) is 48.6 Å². The van der Waals surface area contributed by atoms with Gasteiger partial charge in [0, 0.05) is 14.2 Å². The van der Waals surface area contributed by atoms with Crippen molar-refractivity contribution in [1.29, 1.82) is 0 Å². The summed E-state index contributed by atoms with van der Waals surface area (Å²) in [6, 6.07) is 7.69. The van der Waals surface area contributed by atoms with E-state index in [9.17, 15) is 4.79 Å². The maximum absolute atomic E-state index is 13.0. The second-order valence-corrected chi connectivity index (χ2v) is 7.04. The minimum absolute atomic E-state index is 0.119. The lowest BCUT2D eigenvalue weighted by molar-refractivity contribution is -0.134. The maximum Gasteiger partial charge on any atom is 0.231 e. The van der Waals surface area contributed by atoms with Gasteiger partial charge in [0.15, 0.2) is 0 Å². The standard InChI is InChI=1S/C23H33NO5/c1-5-20(29-15-17-11-13-19(27-3)14-12-17)22(28-4)21(23(25)24-16-26-2)18-9-7-6-8-10-18/h5,9,11-14,20-22H,1,6-8,10,15-16H2,2-4H3,(H,24,25)/t20-,21+,22-/m1/s1. The molecule has 1 aliphatic rings. The van der Waals surface area contributed by atoms with Gasteiger partial charge in [-0.3, -0.25) is 4.79 Å². The molecule has 160 valence electrons. The molecule has 0 saturated heterocycles. The van der Waals surface area contributed by atoms with E-state index in [1.807, 2.05) is 24.3 Å². The Morgan fingerprint density at radius 3 is 2.52 bits per heavy atom. The van der Waals surface area contributed by atoms with Gasteiger partial charge in [-0.1, -0.05) is 29.9 Å². The largest absolute Gasteiger partial charge is 0.497 e. The number of allylic oxidation sites excluding steroid dienone is 1. The molecule has 1 amide bonds. The second-order valence-electron chi connectivity index (χ2n) is 7.04. The van der Waals surface area contributed by atoms with Gasteiger partial charge < -0.3 is 24.3 Å². The monoisotopic (exact) mass is 403 g/mol. The first-order valence-electron chi connectivity index (χ1n) is 10.00. The Labute approximate surface area is 173 Å². The summed E-state index contributed by atoms with van der Waals surface area (Å²) < 4.78 is 22.1. The summed E-state index contributed by atoms with van der Waals surface area (Å²) in [5.41, 5.74) is 2.10. The van der Waals surface area contributed by atoms with E-state index in [1.54, 1.807) is 27.4 Å². The third kappa shape index (κ3) is 6.70. The first kappa shape index (κ1) is 23.1. The molecule has 1 aromatic rings. The van der Waals surface area contributed by atoms with Crippen molar-refractivity contribution in [3.8, 4) is 5.75 Å². The number of amides is 1. The molecule has 0 aromatic heterocycles. The Morgan fingerprint density at radius 2 is 1.97 bits per heavy atom. The molecule has 2 rings (SSSR count). The van der Waals surface area contributed by atoms with E-state index in [-0.39, 0.29) is 12.6 Å². The molecule has 0 heterocycles. The fraction of sp³-hybridized carbons (Fsp3) is 0.522. The zero-order chi connectivity index (χ0) is 21.1. The quantitative estimate of drug-likeness (QED) is 0.427. The fourth-order valence-electron chi connectivity index (χ4n) is 3.60. The predicted molar refractivity (Wildman–Crippen MR) is 113 cm³/mol. The average Bonchev–Trinajstić information content (AvgIpc) is 2.78. The van der Waals surface area contributed by atoms with Crippen LogP contribution in [0.1, 0.15) is 31.2 Å². The highest BCUT2D eigenvalue weighted by Gasteiger charge is 2.36. The van der Waals surface area contributed by atoms with Crippen LogP contribution in [0.25, 0.3) is 0 Å². The van der Waals surface area contributed by atoms with Crippen molar-refractivity contribution in [3.63, 3.8) is 0 Å². The molecule has 3 atom stereocenters. The molecule has 0 unspecified atom stereocenters. The Kier molecular flexibility index (Phi) is 9.91. The minimum Gasteiger partial charge on any atom is -0.497 e. The van der Waals surface area contributed by atoms with Crippen molar-refractivity contribution in [2.75, 3.05) is 28.1 Å². The Balaban J connectivity index is 2.16. The number of rotatable bonds is 12. The lowest BCUT2D eigenvalue weighted by atomic mass is 9.83. The third-order valence-electron chi connectivity index (χ3n) is 5.16. The molecule has 1 aromatic carbocycles. The first-order valence-corrected chi connectivity index (χ1v) is 10.00. The lowest BCUT2D eigenvalue weighted by Crippen LogP contribution is -2.46. The normalized spacial score (nSPS) is 17.0. The summed E-state index contributed by atoms with van der Waals surface area (Å²) in [5, 5.41) is 2.82. The molecule has 0 aliphatic heterocycles. The van der Waals surface area contributed by atoms with Crippen LogP contribution in [0, 0.1) is 5.92 Å². The van der Waals surface area contributed by atoms with Crippen molar-refractivity contribution in [2.24, 2.45) is 5.92 Å². The highest BCUT2D eigenvalue weighted by molar-refractivity contribution is 5.82. The zero-order valence-electron chi connectivity index (χ0n) is 17.7. The van der Waals surface area contributed by atoms with E-state index in [2.05, 4.69) is 18.0 Å². The van der Waals surface area contributed by atoms with Gasteiger partial charge in [0.1, 0.15) is 24.7 Å². The van der Waals surface area contributed by atoms with E-state index in [0.29, 0.717) is 6.61 Å². The molecule has 1 aliphatic carbocycles. The van der Waals surface area contributed by atoms with Crippen LogP contribution in [0.2, 0.25) is 0 Å². The Bertz CT molecular complexity index is 670. The number of benzene rings is 1. The summed E-state index contributed by atoms with van der Waals surface area (Å²) in [7, 11) is 4.79. The smallest absolute Gasteiger partial charge is 0.231 e. The molecule has 6 nitrogen and oxygen atoms in total. The van der Waals surface area contributed by atoms with E-state index >= 15 is 0 Å². The van der Waals surface area contributed by atoms with E-state index in [4.69, 9.17) is 18.9 Å². The van der Waals surface area contributed by atoms with Gasteiger partial charge in [0.2, 0.25) is 5.91 Å². The van der Waals surface area contributed by atoms with Crippen LogP contribution >= 0.6 is 0 Å². The van der Waals surface area contributed by atoms with Gasteiger partial charge in [0.25, 0.3) is 0 Å². The molecule has 0 radical (unpaired) electrons. The van der Waals surface area contributed by atoms with Gasteiger partial charge in [-0.05, 0) is 43.4 Å². The summed E-state index contributed by atoms with van der Waals surface area (Å²) in [5.74, 6) is 0.226. The molecule has 29 heavy (non-hydrogen) atoms. The van der Waals surface area contributed by atoms with Gasteiger partial charge in [-0.25, -0.2) is 0 Å². The van der Waals surface area contributed by atoms with E-state index in [1.165, 1.54) is 0 Å². The van der Waals surface area contributed by atoms with Crippen molar-refractivity contribution >= 4 is 5.91 Å². The summed E-state index contributed by atoms with van der Waals surface area (Å²) in [6.07, 6.45) is 7.02. The van der Waals surface area contributed by atoms with Crippen molar-refractivity contribution in [3.05, 3.63) is 54.1 Å². The summed E-state index contributed by atoms with van der Waals surface area (Å²) in [6.45, 7) is 4.46. The summed E-state index contributed by atoms with van der Waals surface area (Å²) in [4.78, 5) is 13.0. The van der Waals surface area contributed by atoms with Crippen molar-refractivity contribution in [1.82, 2.24) is 5.32 Å². The number of hydrogen-bond acceptors (Lipinski definition) is 5. The summed E-state index contributed by atoms with van der Waals surface area (Å²) >= 11 is 0. The van der Waals surface area contributed by atoms with Gasteiger partial charge in [-0.2, -0.15) is 0 Å².